The summed E-state index contributed by atoms with van der Waals surface area (Å²) in [4.78, 5) is 18.1. The van der Waals surface area contributed by atoms with Crippen LogP contribution in [0.2, 0.25) is 0 Å². The number of rotatable bonds is 7. The lowest BCUT2D eigenvalue weighted by molar-refractivity contribution is -0.127. The maximum absolute atomic E-state index is 12.0. The van der Waals surface area contributed by atoms with Crippen LogP contribution in [-0.2, 0) is 11.2 Å². The molecule has 1 heterocycles. The van der Waals surface area contributed by atoms with E-state index in [1.807, 2.05) is 32.0 Å². The highest BCUT2D eigenvalue weighted by Crippen LogP contribution is 2.37. The summed E-state index contributed by atoms with van der Waals surface area (Å²) in [6.45, 7) is 4.13. The molecule has 3 aromatic rings. The topological polar surface area (TPSA) is 104 Å². The van der Waals surface area contributed by atoms with Crippen LogP contribution in [0.15, 0.2) is 40.9 Å². The minimum atomic E-state index is -0.0301. The minimum Gasteiger partial charge on any atom is -0.490 e. The van der Waals surface area contributed by atoms with Crippen molar-refractivity contribution in [2.45, 2.75) is 38.8 Å². The van der Waals surface area contributed by atoms with Gasteiger partial charge in [-0.25, -0.2) is 0 Å². The molecule has 0 aliphatic heterocycles. The van der Waals surface area contributed by atoms with Crippen molar-refractivity contribution in [2.75, 3.05) is 20.6 Å². The van der Waals surface area contributed by atoms with Gasteiger partial charge in [0.2, 0.25) is 11.7 Å². The molecule has 0 radical (unpaired) electrons. The fraction of sp³-hybridized carbons (Fsp3) is 0.360. The Labute approximate surface area is 193 Å². The van der Waals surface area contributed by atoms with E-state index in [9.17, 15) is 10.1 Å². The van der Waals surface area contributed by atoms with Gasteiger partial charge in [0.1, 0.15) is 11.8 Å². The predicted octanol–water partition coefficient (Wildman–Crippen LogP) is 3.73. The Bertz CT molecular complexity index is 1210. The van der Waals surface area contributed by atoms with Crippen molar-refractivity contribution in [3.63, 3.8) is 0 Å². The van der Waals surface area contributed by atoms with E-state index in [-0.39, 0.29) is 18.1 Å². The zero-order valence-electron chi connectivity index (χ0n) is 19.3. The van der Waals surface area contributed by atoms with Crippen molar-refractivity contribution < 1.29 is 14.1 Å². The lowest BCUT2D eigenvalue weighted by Crippen LogP contribution is -2.34. The minimum absolute atomic E-state index is 0.0301. The molecule has 1 aliphatic carbocycles. The highest BCUT2D eigenvalue weighted by atomic mass is 16.5. The molecule has 0 saturated carbocycles. The Morgan fingerprint density at radius 1 is 1.33 bits per heavy atom. The molecule has 4 rings (SSSR count). The number of ether oxygens (including phenoxy) is 1. The van der Waals surface area contributed by atoms with Crippen molar-refractivity contribution in [1.29, 1.82) is 5.26 Å². The number of hydrogen-bond donors (Lipinski definition) is 1. The first-order valence-electron chi connectivity index (χ1n) is 11.0. The maximum Gasteiger partial charge on any atom is 0.258 e. The Morgan fingerprint density at radius 3 is 2.88 bits per heavy atom. The van der Waals surface area contributed by atoms with E-state index < -0.39 is 0 Å². The number of carbonyl (C=O) groups is 1. The summed E-state index contributed by atoms with van der Waals surface area (Å²) >= 11 is 0. The van der Waals surface area contributed by atoms with Gasteiger partial charge in [0.15, 0.2) is 0 Å². The van der Waals surface area contributed by atoms with Gasteiger partial charge in [-0.1, -0.05) is 23.4 Å². The lowest BCUT2D eigenvalue weighted by atomic mass is 10.0. The van der Waals surface area contributed by atoms with Gasteiger partial charge in [-0.05, 0) is 56.0 Å². The number of amides is 1. The molecular weight excluding hydrogens is 418 g/mol. The molecule has 8 heteroatoms. The molecule has 1 aromatic heterocycles. The van der Waals surface area contributed by atoms with E-state index >= 15 is 0 Å². The highest BCUT2D eigenvalue weighted by molar-refractivity contribution is 5.77. The number of nitrogens with one attached hydrogen (secondary N) is 1. The quantitative estimate of drug-likeness (QED) is 0.591. The second kappa shape index (κ2) is 9.43. The van der Waals surface area contributed by atoms with Crippen LogP contribution in [0.25, 0.3) is 22.8 Å². The molecule has 0 spiro atoms. The van der Waals surface area contributed by atoms with Crippen LogP contribution in [0.1, 0.15) is 43.0 Å². The van der Waals surface area contributed by atoms with E-state index in [0.717, 1.165) is 29.5 Å². The first kappa shape index (κ1) is 22.5. The normalized spacial score (nSPS) is 14.7. The largest absolute Gasteiger partial charge is 0.490 e. The van der Waals surface area contributed by atoms with Gasteiger partial charge < -0.3 is 19.5 Å². The van der Waals surface area contributed by atoms with Gasteiger partial charge in [-0.2, -0.15) is 10.2 Å². The molecule has 0 fully saturated rings. The summed E-state index contributed by atoms with van der Waals surface area (Å²) in [7, 11) is 3.51. The van der Waals surface area contributed by atoms with Gasteiger partial charge >= 0.3 is 0 Å². The molecule has 0 unspecified atom stereocenters. The number of benzene rings is 2. The average Bonchev–Trinajstić information content (AvgIpc) is 3.44. The molecule has 1 atom stereocenters. The number of fused-ring (bicyclic) bond motifs is 1. The van der Waals surface area contributed by atoms with Crippen molar-refractivity contribution >= 4 is 5.91 Å². The van der Waals surface area contributed by atoms with Crippen LogP contribution < -0.4 is 10.1 Å². The van der Waals surface area contributed by atoms with Crippen molar-refractivity contribution in [3.05, 3.63) is 53.1 Å². The molecule has 1 aliphatic rings. The number of nitrogens with zero attached hydrogens (tertiary/aromatic N) is 4. The SMILES string of the molecule is CC(C)Oc1ccc(-c2nc(-c3cccc4c3CC[C@H]4NCC(=O)N(C)C)no2)cc1C#N. The van der Waals surface area contributed by atoms with E-state index in [4.69, 9.17) is 9.26 Å². The predicted molar refractivity (Wildman–Crippen MR) is 123 cm³/mol. The third kappa shape index (κ3) is 4.73. The van der Waals surface area contributed by atoms with Crippen LogP contribution in [0, 0.1) is 11.3 Å². The summed E-state index contributed by atoms with van der Waals surface area (Å²) in [5, 5.41) is 17.1. The van der Waals surface area contributed by atoms with Gasteiger partial charge in [-0.3, -0.25) is 4.79 Å². The fourth-order valence-electron chi connectivity index (χ4n) is 4.00. The molecular formula is C25H27N5O3. The zero-order chi connectivity index (χ0) is 23.5. The van der Waals surface area contributed by atoms with Crippen LogP contribution >= 0.6 is 0 Å². The van der Waals surface area contributed by atoms with Crippen molar-refractivity contribution in [2.24, 2.45) is 0 Å². The van der Waals surface area contributed by atoms with E-state index in [1.165, 1.54) is 0 Å². The summed E-state index contributed by atoms with van der Waals surface area (Å²) in [5.41, 5.74) is 4.33. The number of nitriles is 1. The van der Waals surface area contributed by atoms with Gasteiger partial charge in [0, 0.05) is 31.3 Å². The zero-order valence-corrected chi connectivity index (χ0v) is 19.3. The van der Waals surface area contributed by atoms with Crippen LogP contribution in [0.5, 0.6) is 5.75 Å². The van der Waals surface area contributed by atoms with Crippen LogP contribution in [-0.4, -0.2) is 47.7 Å². The first-order valence-corrected chi connectivity index (χ1v) is 11.0. The summed E-state index contributed by atoms with van der Waals surface area (Å²) in [6, 6.07) is 13.6. The molecule has 8 nitrogen and oxygen atoms in total. The Morgan fingerprint density at radius 2 is 2.15 bits per heavy atom. The van der Waals surface area contributed by atoms with Crippen LogP contribution in [0.3, 0.4) is 0 Å². The third-order valence-corrected chi connectivity index (χ3v) is 5.65. The van der Waals surface area contributed by atoms with Gasteiger partial charge in [0.05, 0.1) is 18.2 Å². The Hall–Kier alpha value is -3.70. The second-order valence-electron chi connectivity index (χ2n) is 8.55. The van der Waals surface area contributed by atoms with E-state index in [1.54, 1.807) is 31.1 Å². The summed E-state index contributed by atoms with van der Waals surface area (Å²) in [6.07, 6.45) is 1.74. The summed E-state index contributed by atoms with van der Waals surface area (Å²) in [5.74, 6) is 1.43. The Kier molecular flexibility index (Phi) is 6.43. The number of carbonyl (C=O) groups excluding carboxylic acids is 1. The molecule has 2 aromatic carbocycles. The monoisotopic (exact) mass is 445 g/mol. The smallest absolute Gasteiger partial charge is 0.258 e. The van der Waals surface area contributed by atoms with Crippen molar-refractivity contribution in [3.8, 4) is 34.7 Å². The second-order valence-corrected chi connectivity index (χ2v) is 8.55. The van der Waals surface area contributed by atoms with Crippen LogP contribution in [0.4, 0.5) is 0 Å². The number of likely N-dealkylation sites (N-methyl/N-ethyl adjacent to an activating group) is 1. The molecule has 170 valence electrons. The third-order valence-electron chi connectivity index (χ3n) is 5.65. The highest BCUT2D eigenvalue weighted by Gasteiger charge is 2.27. The van der Waals surface area contributed by atoms with Gasteiger partial charge in [-0.15, -0.1) is 0 Å². The number of hydrogen-bond acceptors (Lipinski definition) is 7. The van der Waals surface area contributed by atoms with E-state index in [0.29, 0.717) is 35.1 Å². The van der Waals surface area contributed by atoms with Crippen molar-refractivity contribution in [1.82, 2.24) is 20.4 Å². The first-order chi connectivity index (χ1) is 15.9. The van der Waals surface area contributed by atoms with Gasteiger partial charge in [0.25, 0.3) is 5.89 Å². The molecule has 0 bridgehead atoms. The molecule has 1 N–H and O–H groups in total. The van der Waals surface area contributed by atoms with E-state index in [2.05, 4.69) is 27.6 Å². The summed E-state index contributed by atoms with van der Waals surface area (Å²) < 4.78 is 11.2. The molecule has 0 saturated heterocycles. The Balaban J connectivity index is 1.58. The standard InChI is InChI=1S/C25H27N5O3/c1-15(2)32-22-11-8-16(12-17(22)13-26)25-28-24(29-33-25)20-7-5-6-19-18(20)9-10-21(19)27-14-23(31)30(3)4/h5-8,11-12,15,21,27H,9-10,14H2,1-4H3/t21-/m1/s1. The molecule has 1 amide bonds. The lowest BCUT2D eigenvalue weighted by Gasteiger charge is -2.16. The fourth-order valence-corrected chi connectivity index (χ4v) is 4.00. The average molecular weight is 446 g/mol. The number of aromatic nitrogens is 2. The molecule has 33 heavy (non-hydrogen) atoms. The maximum atomic E-state index is 12.0.